The molecule has 5 heteroatoms. The van der Waals surface area contributed by atoms with E-state index in [4.69, 9.17) is 10.1 Å². The second kappa shape index (κ2) is 7.93. The lowest BCUT2D eigenvalue weighted by atomic mass is 10.0. The Morgan fingerprint density at radius 1 is 1.17 bits per heavy atom. The zero-order chi connectivity index (χ0) is 17.7. The molecule has 2 aromatic carbocycles. The summed E-state index contributed by atoms with van der Waals surface area (Å²) in [6, 6.07) is 11.4. The first kappa shape index (κ1) is 17.9. The molecule has 0 saturated heterocycles. The molecule has 0 unspecified atom stereocenters. The van der Waals surface area contributed by atoms with E-state index in [-0.39, 0.29) is 11.1 Å². The molecular weight excluding hydrogens is 320 g/mol. The Morgan fingerprint density at radius 3 is 2.46 bits per heavy atom. The fourth-order valence-corrected chi connectivity index (χ4v) is 2.50. The van der Waals surface area contributed by atoms with Crippen LogP contribution in [-0.2, 0) is 23.8 Å². The van der Waals surface area contributed by atoms with Crippen LogP contribution in [0.3, 0.4) is 0 Å². The number of hydrogen-bond donors (Lipinski definition) is 1. The molecule has 0 saturated carbocycles. The summed E-state index contributed by atoms with van der Waals surface area (Å²) in [5.41, 5.74) is 4.72. The summed E-state index contributed by atoms with van der Waals surface area (Å²) in [4.78, 5) is 14.8. The van der Waals surface area contributed by atoms with Gasteiger partial charge in [-0.3, -0.25) is 5.41 Å². The standard InChI is InChI=1S/C19H20N2O2S/c1-12-4-6-15(7-5-12)18(20)21-19(24)23-17-11-13(2)16(8-9-22)10-14(17)3/h4-7,9-11H,8H2,1-3H3,(H2,20,21,24)/p+1. The smallest absolute Gasteiger partial charge is 0.402 e. The van der Waals surface area contributed by atoms with E-state index in [0.717, 1.165) is 28.5 Å². The van der Waals surface area contributed by atoms with Gasteiger partial charge in [-0.2, -0.15) is 0 Å². The van der Waals surface area contributed by atoms with E-state index in [2.05, 4.69) is 17.6 Å². The van der Waals surface area contributed by atoms with Gasteiger partial charge >= 0.3 is 5.23 Å². The number of aryl methyl sites for hydroxylation is 3. The van der Waals surface area contributed by atoms with E-state index in [1.807, 2.05) is 57.2 Å². The van der Waals surface area contributed by atoms with Gasteiger partial charge in [0, 0.05) is 12.0 Å². The van der Waals surface area contributed by atoms with Crippen LogP contribution in [0.15, 0.2) is 41.4 Å². The van der Waals surface area contributed by atoms with Gasteiger partial charge in [0.15, 0.2) is 5.84 Å². The Labute approximate surface area is 147 Å². The largest absolute Gasteiger partial charge is 0.414 e. The Morgan fingerprint density at radius 2 is 1.83 bits per heavy atom. The maximum absolute atomic E-state index is 10.7. The topological polar surface area (TPSA) is 62.5 Å². The van der Waals surface area contributed by atoms with Crippen molar-refractivity contribution >= 4 is 30.0 Å². The summed E-state index contributed by atoms with van der Waals surface area (Å²) < 4.78 is 5.71. The van der Waals surface area contributed by atoms with Gasteiger partial charge in [0.05, 0.1) is 12.6 Å². The van der Waals surface area contributed by atoms with E-state index >= 15 is 0 Å². The van der Waals surface area contributed by atoms with Crippen molar-refractivity contribution in [3.63, 3.8) is 0 Å². The second-order valence-corrected chi connectivity index (χ2v) is 6.08. The van der Waals surface area contributed by atoms with Gasteiger partial charge < -0.3 is 9.53 Å². The number of amidine groups is 1. The molecule has 0 aromatic heterocycles. The van der Waals surface area contributed by atoms with Crippen LogP contribution >= 0.6 is 0 Å². The van der Waals surface area contributed by atoms with Crippen LogP contribution in [0.25, 0.3) is 0 Å². The number of rotatable bonds is 4. The summed E-state index contributed by atoms with van der Waals surface area (Å²) in [5.74, 6) is 0.763. The van der Waals surface area contributed by atoms with E-state index in [1.54, 1.807) is 0 Å². The molecular formula is C19H21N2O2S+. The number of carbonyl (C=O) groups is 1. The van der Waals surface area contributed by atoms with E-state index in [0.29, 0.717) is 17.7 Å². The van der Waals surface area contributed by atoms with Gasteiger partial charge in [-0.15, -0.1) is 4.99 Å². The van der Waals surface area contributed by atoms with Crippen molar-refractivity contribution in [2.45, 2.75) is 27.2 Å². The Kier molecular flexibility index (Phi) is 5.93. The third-order valence-electron chi connectivity index (χ3n) is 3.68. The minimum Gasteiger partial charge on any atom is -0.402 e. The molecule has 0 aliphatic carbocycles. The zero-order valence-corrected chi connectivity index (χ0v) is 15.0. The predicted molar refractivity (Wildman–Crippen MR) is 102 cm³/mol. The molecule has 1 N–H and O–H groups in total. The van der Waals surface area contributed by atoms with Crippen molar-refractivity contribution in [1.82, 2.24) is 0 Å². The number of hydrogen-bond acceptors (Lipinski definition) is 3. The van der Waals surface area contributed by atoms with Crippen molar-refractivity contribution in [2.75, 3.05) is 0 Å². The van der Waals surface area contributed by atoms with Crippen LogP contribution in [0, 0.1) is 26.2 Å². The van der Waals surface area contributed by atoms with E-state index in [9.17, 15) is 4.79 Å². The number of nitrogens with one attached hydrogen (secondary N) is 1. The molecule has 124 valence electrons. The van der Waals surface area contributed by atoms with E-state index < -0.39 is 0 Å². The maximum Gasteiger partial charge on any atom is 0.414 e. The highest BCUT2D eigenvalue weighted by Gasteiger charge is 2.11. The highest BCUT2D eigenvalue weighted by molar-refractivity contribution is 7.77. The SMILES string of the molecule is Cc1ccc(C(=N)N=C([SH2+])Oc2cc(C)c(CC=O)cc2C)cc1. The average Bonchev–Trinajstić information content (AvgIpc) is 2.53. The van der Waals surface area contributed by atoms with Crippen LogP contribution in [-0.4, -0.2) is 17.4 Å². The lowest BCUT2D eigenvalue weighted by Gasteiger charge is -2.09. The molecule has 0 heterocycles. The Hall–Kier alpha value is -2.40. The number of nitrogens with zero attached hydrogens (tertiary/aromatic N) is 1. The molecule has 0 spiro atoms. The lowest BCUT2D eigenvalue weighted by molar-refractivity contribution is -0.107. The third kappa shape index (κ3) is 4.55. The average molecular weight is 341 g/mol. The maximum atomic E-state index is 10.7. The number of aliphatic imine (C=N–C) groups is 1. The van der Waals surface area contributed by atoms with Crippen LogP contribution in [0.2, 0.25) is 0 Å². The highest BCUT2D eigenvalue weighted by atomic mass is 32.1. The van der Waals surface area contributed by atoms with Crippen molar-refractivity contribution in [3.8, 4) is 5.75 Å². The van der Waals surface area contributed by atoms with Gasteiger partial charge in [0.1, 0.15) is 12.0 Å². The monoisotopic (exact) mass is 341 g/mol. The number of benzene rings is 2. The van der Waals surface area contributed by atoms with Crippen molar-refractivity contribution in [3.05, 3.63) is 64.2 Å². The highest BCUT2D eigenvalue weighted by Crippen LogP contribution is 2.23. The minimum absolute atomic E-state index is 0.118. The molecule has 2 aromatic rings. The quantitative estimate of drug-likeness (QED) is 0.402. The molecule has 4 nitrogen and oxygen atoms in total. The Balaban J connectivity index is 2.18. The lowest BCUT2D eigenvalue weighted by Crippen LogP contribution is -2.10. The van der Waals surface area contributed by atoms with Gasteiger partial charge in [0.25, 0.3) is 0 Å². The molecule has 0 fully saturated rings. The zero-order valence-electron chi connectivity index (χ0n) is 14.0. The number of carbonyl (C=O) groups excluding carboxylic acids is 1. The van der Waals surface area contributed by atoms with Crippen LogP contribution in [0.5, 0.6) is 5.75 Å². The first-order valence-electron chi connectivity index (χ1n) is 7.58. The Bertz CT molecular complexity index is 796. The summed E-state index contributed by atoms with van der Waals surface area (Å²) in [5, 5.41) is 8.26. The predicted octanol–water partition coefficient (Wildman–Crippen LogP) is 3.13. The van der Waals surface area contributed by atoms with Gasteiger partial charge in [-0.1, -0.05) is 35.9 Å². The molecule has 0 amide bonds. The first-order chi connectivity index (χ1) is 11.4. The van der Waals surface area contributed by atoms with Crippen LogP contribution in [0.4, 0.5) is 0 Å². The van der Waals surface area contributed by atoms with Crippen molar-refractivity contribution in [2.24, 2.45) is 4.99 Å². The molecule has 0 aliphatic heterocycles. The van der Waals surface area contributed by atoms with Crippen LogP contribution < -0.4 is 4.74 Å². The van der Waals surface area contributed by atoms with Gasteiger partial charge in [0.2, 0.25) is 0 Å². The number of ether oxygens (including phenoxy) is 1. The fraction of sp³-hybridized carbons (Fsp3) is 0.211. The molecule has 2 rings (SSSR count). The normalized spacial score (nSPS) is 11.2. The fourth-order valence-electron chi connectivity index (χ4n) is 2.27. The molecule has 0 aliphatic rings. The third-order valence-corrected chi connectivity index (χ3v) is 3.90. The minimum atomic E-state index is 0.118. The first-order valence-corrected chi connectivity index (χ1v) is 8.08. The van der Waals surface area contributed by atoms with Gasteiger partial charge in [-0.25, -0.2) is 0 Å². The second-order valence-electron chi connectivity index (χ2n) is 5.65. The van der Waals surface area contributed by atoms with Gasteiger partial charge in [-0.05, 0) is 43.5 Å². The summed E-state index contributed by atoms with van der Waals surface area (Å²) in [6.45, 7) is 5.84. The summed E-state index contributed by atoms with van der Waals surface area (Å²) >= 11 is 3.32. The summed E-state index contributed by atoms with van der Waals surface area (Å²) in [6.07, 6.45) is 1.28. The molecule has 0 bridgehead atoms. The molecule has 0 atom stereocenters. The molecule has 24 heavy (non-hydrogen) atoms. The van der Waals surface area contributed by atoms with Crippen molar-refractivity contribution < 1.29 is 9.53 Å². The van der Waals surface area contributed by atoms with Crippen molar-refractivity contribution in [1.29, 1.82) is 5.41 Å². The van der Waals surface area contributed by atoms with E-state index in [1.165, 1.54) is 0 Å². The van der Waals surface area contributed by atoms with Crippen LogP contribution in [0.1, 0.15) is 27.8 Å². The molecule has 0 radical (unpaired) electrons. The number of aldehydes is 1. The summed E-state index contributed by atoms with van der Waals surface area (Å²) in [7, 11) is 0.